The number of hydrogen-bond acceptors (Lipinski definition) is 2. The largest absolute Gasteiger partial charge is 0.381 e. The highest BCUT2D eigenvalue weighted by molar-refractivity contribution is 5.75. The van der Waals surface area contributed by atoms with Crippen molar-refractivity contribution in [1.29, 1.82) is 0 Å². The number of carbonyl (C=O) groups excluding carboxylic acids is 1. The SMILES string of the molecule is CC(C)(Cc1ccccc1)NC(=O)NC1CCOCC1. The molecule has 110 valence electrons. The average molecular weight is 276 g/mol. The second-order valence-corrected chi connectivity index (χ2v) is 6.03. The lowest BCUT2D eigenvalue weighted by molar-refractivity contribution is 0.0797. The third kappa shape index (κ3) is 4.85. The number of urea groups is 1. The maximum absolute atomic E-state index is 12.1. The predicted octanol–water partition coefficient (Wildman–Crippen LogP) is 2.49. The Bertz CT molecular complexity index is 425. The van der Waals surface area contributed by atoms with Gasteiger partial charge in [-0.3, -0.25) is 0 Å². The Kier molecular flexibility index (Phi) is 5.01. The second kappa shape index (κ2) is 6.75. The second-order valence-electron chi connectivity index (χ2n) is 6.03. The van der Waals surface area contributed by atoms with Crippen LogP contribution in [-0.2, 0) is 11.2 Å². The van der Waals surface area contributed by atoms with Crippen molar-refractivity contribution in [3.8, 4) is 0 Å². The zero-order valence-electron chi connectivity index (χ0n) is 12.3. The minimum absolute atomic E-state index is 0.0853. The third-order valence-electron chi connectivity index (χ3n) is 3.50. The topological polar surface area (TPSA) is 50.4 Å². The zero-order chi connectivity index (χ0) is 14.4. The first-order valence-electron chi connectivity index (χ1n) is 7.25. The van der Waals surface area contributed by atoms with Gasteiger partial charge in [0.1, 0.15) is 0 Å². The fraction of sp³-hybridized carbons (Fsp3) is 0.562. The van der Waals surface area contributed by atoms with Crippen molar-refractivity contribution >= 4 is 6.03 Å². The number of carbonyl (C=O) groups is 1. The lowest BCUT2D eigenvalue weighted by atomic mass is 9.95. The number of benzene rings is 1. The van der Waals surface area contributed by atoms with Crippen LogP contribution in [-0.4, -0.2) is 30.8 Å². The summed E-state index contributed by atoms with van der Waals surface area (Å²) in [7, 11) is 0. The molecule has 0 aromatic heterocycles. The standard InChI is InChI=1S/C16H24N2O2/c1-16(2,12-13-6-4-3-5-7-13)18-15(19)17-14-8-10-20-11-9-14/h3-7,14H,8-12H2,1-2H3,(H2,17,18,19). The molecule has 0 aliphatic carbocycles. The van der Waals surface area contributed by atoms with Crippen LogP contribution in [0, 0.1) is 0 Å². The van der Waals surface area contributed by atoms with Crippen LogP contribution in [0.15, 0.2) is 30.3 Å². The summed E-state index contributed by atoms with van der Waals surface area (Å²) in [6, 6.07) is 10.4. The highest BCUT2D eigenvalue weighted by Gasteiger charge is 2.23. The molecule has 1 aliphatic heterocycles. The van der Waals surface area contributed by atoms with Gasteiger partial charge in [-0.25, -0.2) is 4.79 Å². The molecule has 0 bridgehead atoms. The van der Waals surface area contributed by atoms with Gasteiger partial charge in [-0.05, 0) is 38.7 Å². The van der Waals surface area contributed by atoms with Gasteiger partial charge in [-0.1, -0.05) is 30.3 Å². The van der Waals surface area contributed by atoms with Crippen LogP contribution in [0.2, 0.25) is 0 Å². The minimum Gasteiger partial charge on any atom is -0.381 e. The van der Waals surface area contributed by atoms with E-state index in [1.54, 1.807) is 0 Å². The monoisotopic (exact) mass is 276 g/mol. The van der Waals surface area contributed by atoms with Gasteiger partial charge in [0.15, 0.2) is 0 Å². The summed E-state index contributed by atoms with van der Waals surface area (Å²) < 4.78 is 5.29. The fourth-order valence-electron chi connectivity index (χ4n) is 2.52. The van der Waals surface area contributed by atoms with Gasteiger partial charge in [-0.2, -0.15) is 0 Å². The maximum atomic E-state index is 12.1. The van der Waals surface area contributed by atoms with E-state index in [9.17, 15) is 4.79 Å². The summed E-state index contributed by atoms with van der Waals surface area (Å²) in [6.07, 6.45) is 2.61. The van der Waals surface area contributed by atoms with Gasteiger partial charge in [0.2, 0.25) is 0 Å². The van der Waals surface area contributed by atoms with Crippen LogP contribution >= 0.6 is 0 Å². The van der Waals surface area contributed by atoms with E-state index in [1.165, 1.54) is 5.56 Å². The first kappa shape index (κ1) is 14.9. The smallest absolute Gasteiger partial charge is 0.315 e. The molecule has 1 aliphatic rings. The molecule has 1 saturated heterocycles. The van der Waals surface area contributed by atoms with Crippen molar-refractivity contribution in [1.82, 2.24) is 10.6 Å². The number of nitrogens with one attached hydrogen (secondary N) is 2. The van der Waals surface area contributed by atoms with Gasteiger partial charge < -0.3 is 15.4 Å². The molecule has 1 heterocycles. The van der Waals surface area contributed by atoms with E-state index in [2.05, 4.69) is 22.8 Å². The quantitative estimate of drug-likeness (QED) is 0.887. The lowest BCUT2D eigenvalue weighted by Crippen LogP contribution is -2.52. The van der Waals surface area contributed by atoms with Crippen molar-refractivity contribution in [3.05, 3.63) is 35.9 Å². The molecule has 2 N–H and O–H groups in total. The average Bonchev–Trinajstić information content (AvgIpc) is 2.39. The van der Waals surface area contributed by atoms with E-state index >= 15 is 0 Å². The van der Waals surface area contributed by atoms with Crippen molar-refractivity contribution < 1.29 is 9.53 Å². The van der Waals surface area contributed by atoms with E-state index in [0.29, 0.717) is 0 Å². The number of ether oxygens (including phenoxy) is 1. The first-order valence-corrected chi connectivity index (χ1v) is 7.25. The van der Waals surface area contributed by atoms with Crippen LogP contribution in [0.4, 0.5) is 4.79 Å². The molecule has 0 atom stereocenters. The summed E-state index contributed by atoms with van der Waals surface area (Å²) in [5, 5.41) is 6.09. The van der Waals surface area contributed by atoms with Gasteiger partial charge >= 0.3 is 6.03 Å². The van der Waals surface area contributed by atoms with E-state index in [-0.39, 0.29) is 17.6 Å². The molecular formula is C16H24N2O2. The Morgan fingerprint density at radius 3 is 2.55 bits per heavy atom. The molecule has 0 saturated carbocycles. The first-order chi connectivity index (χ1) is 9.55. The Morgan fingerprint density at radius 2 is 1.90 bits per heavy atom. The molecule has 4 nitrogen and oxygen atoms in total. The highest BCUT2D eigenvalue weighted by Crippen LogP contribution is 2.13. The number of hydrogen-bond donors (Lipinski definition) is 2. The maximum Gasteiger partial charge on any atom is 0.315 e. The van der Waals surface area contributed by atoms with E-state index in [1.807, 2.05) is 32.0 Å². The fourth-order valence-corrected chi connectivity index (χ4v) is 2.52. The molecule has 20 heavy (non-hydrogen) atoms. The van der Waals surface area contributed by atoms with Crippen molar-refractivity contribution in [2.24, 2.45) is 0 Å². The molecule has 2 rings (SSSR count). The normalized spacial score (nSPS) is 16.7. The van der Waals surface area contributed by atoms with Crippen LogP contribution in [0.1, 0.15) is 32.3 Å². The van der Waals surface area contributed by atoms with Gasteiger partial charge in [-0.15, -0.1) is 0 Å². The Hall–Kier alpha value is -1.55. The van der Waals surface area contributed by atoms with E-state index in [0.717, 1.165) is 32.5 Å². The molecule has 1 aromatic rings. The molecular weight excluding hydrogens is 252 g/mol. The Balaban J connectivity index is 1.82. The minimum atomic E-state index is -0.267. The molecule has 1 fully saturated rings. The van der Waals surface area contributed by atoms with Crippen LogP contribution in [0.3, 0.4) is 0 Å². The van der Waals surface area contributed by atoms with Crippen LogP contribution in [0.25, 0.3) is 0 Å². The van der Waals surface area contributed by atoms with Crippen molar-refractivity contribution in [2.75, 3.05) is 13.2 Å². The summed E-state index contributed by atoms with van der Waals surface area (Å²) in [4.78, 5) is 12.1. The summed E-state index contributed by atoms with van der Waals surface area (Å²) in [6.45, 7) is 5.56. The molecule has 2 amide bonds. The summed E-state index contributed by atoms with van der Waals surface area (Å²) >= 11 is 0. The Labute approximate surface area is 120 Å². The van der Waals surface area contributed by atoms with E-state index in [4.69, 9.17) is 4.74 Å². The third-order valence-corrected chi connectivity index (χ3v) is 3.50. The molecule has 4 heteroatoms. The van der Waals surface area contributed by atoms with Crippen molar-refractivity contribution in [2.45, 2.75) is 44.7 Å². The molecule has 1 aromatic carbocycles. The Morgan fingerprint density at radius 1 is 1.25 bits per heavy atom. The van der Waals surface area contributed by atoms with Gasteiger partial charge in [0.05, 0.1) is 0 Å². The van der Waals surface area contributed by atoms with Gasteiger partial charge in [0, 0.05) is 24.8 Å². The summed E-state index contributed by atoms with van der Waals surface area (Å²) in [5.74, 6) is 0. The lowest BCUT2D eigenvalue weighted by Gasteiger charge is -2.29. The van der Waals surface area contributed by atoms with Crippen LogP contribution in [0.5, 0.6) is 0 Å². The number of rotatable bonds is 4. The molecule has 0 spiro atoms. The number of amides is 2. The molecule has 0 radical (unpaired) electrons. The van der Waals surface area contributed by atoms with Gasteiger partial charge in [0.25, 0.3) is 0 Å². The highest BCUT2D eigenvalue weighted by atomic mass is 16.5. The predicted molar refractivity (Wildman–Crippen MR) is 79.7 cm³/mol. The van der Waals surface area contributed by atoms with Crippen molar-refractivity contribution in [3.63, 3.8) is 0 Å². The molecule has 0 unspecified atom stereocenters. The van der Waals surface area contributed by atoms with Crippen LogP contribution < -0.4 is 10.6 Å². The summed E-state index contributed by atoms with van der Waals surface area (Å²) in [5.41, 5.74) is 0.959. The zero-order valence-corrected chi connectivity index (χ0v) is 12.3. The van der Waals surface area contributed by atoms with E-state index < -0.39 is 0 Å².